The van der Waals surface area contributed by atoms with E-state index in [4.69, 9.17) is 18.9 Å². The molecular formula is C28H35N3O4. The summed E-state index contributed by atoms with van der Waals surface area (Å²) in [5, 5.41) is 0. The van der Waals surface area contributed by atoms with E-state index in [0.29, 0.717) is 6.54 Å². The number of aromatic nitrogens is 2. The molecule has 1 N–H and O–H groups in total. The van der Waals surface area contributed by atoms with E-state index in [0.717, 1.165) is 42.8 Å². The fourth-order valence-corrected chi connectivity index (χ4v) is 4.58. The average Bonchev–Trinajstić information content (AvgIpc) is 3.60. The van der Waals surface area contributed by atoms with Gasteiger partial charge in [0.2, 0.25) is 6.79 Å². The van der Waals surface area contributed by atoms with Crippen LogP contribution in [0.25, 0.3) is 0 Å². The minimum atomic E-state index is -0.398. The summed E-state index contributed by atoms with van der Waals surface area (Å²) in [4.78, 5) is 10.1. The molecule has 2 heterocycles. The fraction of sp³-hybridized carbons (Fsp3) is 0.393. The van der Waals surface area contributed by atoms with Gasteiger partial charge >= 0.3 is 0 Å². The van der Waals surface area contributed by atoms with Gasteiger partial charge in [-0.15, -0.1) is 0 Å². The zero-order chi connectivity index (χ0) is 24.5. The zero-order valence-corrected chi connectivity index (χ0v) is 20.8. The summed E-state index contributed by atoms with van der Waals surface area (Å²) in [6.07, 6.45) is 8.14. The van der Waals surface area contributed by atoms with Gasteiger partial charge in [0.15, 0.2) is 6.29 Å². The van der Waals surface area contributed by atoms with Crippen molar-refractivity contribution in [1.82, 2.24) is 14.9 Å². The monoisotopic (exact) mass is 477 g/mol. The molecule has 4 rings (SSSR count). The lowest BCUT2D eigenvalue weighted by Crippen LogP contribution is -2.32. The van der Waals surface area contributed by atoms with E-state index in [-0.39, 0.29) is 12.8 Å². The predicted molar refractivity (Wildman–Crippen MR) is 134 cm³/mol. The van der Waals surface area contributed by atoms with Crippen molar-refractivity contribution in [1.29, 1.82) is 0 Å². The molecule has 0 amide bonds. The second-order valence-corrected chi connectivity index (χ2v) is 8.68. The molecule has 186 valence electrons. The van der Waals surface area contributed by atoms with Crippen LogP contribution in [0.2, 0.25) is 0 Å². The number of methoxy groups -OCH3 is 2. The maximum Gasteiger partial charge on any atom is 0.229 e. The van der Waals surface area contributed by atoms with Gasteiger partial charge in [-0.2, -0.15) is 0 Å². The van der Waals surface area contributed by atoms with Crippen LogP contribution >= 0.6 is 0 Å². The lowest BCUT2D eigenvalue weighted by molar-refractivity contribution is -0.106. The lowest BCUT2D eigenvalue weighted by Gasteiger charge is -2.33. The standard InChI is InChI=1S/C28H35N3O4/c1-4-5-11-22-14-23(28(32-2)33-3)12-13-25(22)27(26-15-29-19-30-26)31(17-24-18-34-20-35-24)16-21-9-7-6-8-10-21/h6-10,12-15,18-19,27-28H,4-5,11,16-17,20H2,1-3H3,(H,29,30). The Labute approximate surface area is 207 Å². The Morgan fingerprint density at radius 2 is 1.91 bits per heavy atom. The number of unbranched alkanes of at least 4 members (excludes halogenated alkanes) is 1. The van der Waals surface area contributed by atoms with Crippen molar-refractivity contribution >= 4 is 0 Å². The van der Waals surface area contributed by atoms with E-state index >= 15 is 0 Å². The van der Waals surface area contributed by atoms with Crippen molar-refractivity contribution in [2.24, 2.45) is 0 Å². The van der Waals surface area contributed by atoms with E-state index in [2.05, 4.69) is 64.3 Å². The van der Waals surface area contributed by atoms with Crippen LogP contribution in [0, 0.1) is 0 Å². The first-order valence-corrected chi connectivity index (χ1v) is 12.1. The molecule has 0 fully saturated rings. The molecule has 0 saturated carbocycles. The highest BCUT2D eigenvalue weighted by Crippen LogP contribution is 2.35. The van der Waals surface area contributed by atoms with Crippen molar-refractivity contribution in [3.8, 4) is 0 Å². The quantitative estimate of drug-likeness (QED) is 0.329. The number of aryl methyl sites for hydroxylation is 1. The summed E-state index contributed by atoms with van der Waals surface area (Å²) < 4.78 is 22.2. The smallest absolute Gasteiger partial charge is 0.229 e. The van der Waals surface area contributed by atoms with Crippen molar-refractivity contribution in [2.75, 3.05) is 27.6 Å². The summed E-state index contributed by atoms with van der Waals surface area (Å²) in [5.74, 6) is 0.816. The number of ether oxygens (including phenoxy) is 4. The molecule has 35 heavy (non-hydrogen) atoms. The molecule has 2 aromatic carbocycles. The van der Waals surface area contributed by atoms with Crippen LogP contribution in [0.5, 0.6) is 0 Å². The number of imidazole rings is 1. The summed E-state index contributed by atoms with van der Waals surface area (Å²) in [7, 11) is 3.33. The topological polar surface area (TPSA) is 68.8 Å². The summed E-state index contributed by atoms with van der Waals surface area (Å²) in [5.41, 5.74) is 5.77. The molecule has 0 radical (unpaired) electrons. The number of aromatic amines is 1. The van der Waals surface area contributed by atoms with Gasteiger partial charge < -0.3 is 23.9 Å². The average molecular weight is 478 g/mol. The largest absolute Gasteiger partial charge is 0.462 e. The molecule has 0 bridgehead atoms. The van der Waals surface area contributed by atoms with Crippen LogP contribution in [-0.2, 0) is 31.9 Å². The number of H-pyrrole nitrogens is 1. The summed E-state index contributed by atoms with van der Waals surface area (Å²) in [6, 6.07) is 17.0. The molecule has 7 heteroatoms. The Kier molecular flexibility index (Phi) is 8.95. The number of rotatable bonds is 13. The molecule has 1 aliphatic rings. The maximum absolute atomic E-state index is 5.74. The van der Waals surface area contributed by atoms with Crippen molar-refractivity contribution < 1.29 is 18.9 Å². The van der Waals surface area contributed by atoms with E-state index in [9.17, 15) is 0 Å². The van der Waals surface area contributed by atoms with Crippen LogP contribution in [0.3, 0.4) is 0 Å². The fourth-order valence-electron chi connectivity index (χ4n) is 4.58. The number of hydrogen-bond acceptors (Lipinski definition) is 6. The molecular weight excluding hydrogens is 442 g/mol. The van der Waals surface area contributed by atoms with Crippen LogP contribution in [-0.4, -0.2) is 42.4 Å². The van der Waals surface area contributed by atoms with Crippen LogP contribution in [0.1, 0.15) is 60.0 Å². The number of nitrogens with zero attached hydrogens (tertiary/aromatic N) is 2. The molecule has 0 aliphatic carbocycles. The molecule has 1 aliphatic heterocycles. The first-order valence-electron chi connectivity index (χ1n) is 12.1. The molecule has 1 unspecified atom stereocenters. The Morgan fingerprint density at radius 3 is 2.57 bits per heavy atom. The highest BCUT2D eigenvalue weighted by molar-refractivity contribution is 5.39. The van der Waals surface area contributed by atoms with Gasteiger partial charge in [0.1, 0.15) is 12.0 Å². The van der Waals surface area contributed by atoms with Gasteiger partial charge in [-0.25, -0.2) is 4.98 Å². The van der Waals surface area contributed by atoms with Crippen LogP contribution < -0.4 is 0 Å². The number of benzene rings is 2. The zero-order valence-electron chi connectivity index (χ0n) is 20.8. The van der Waals surface area contributed by atoms with Crippen molar-refractivity contribution in [3.05, 3.63) is 101 Å². The Bertz CT molecular complexity index is 1070. The van der Waals surface area contributed by atoms with Crippen molar-refractivity contribution in [2.45, 2.75) is 45.1 Å². The second kappa shape index (κ2) is 12.5. The number of hydrogen-bond donors (Lipinski definition) is 1. The second-order valence-electron chi connectivity index (χ2n) is 8.68. The lowest BCUT2D eigenvalue weighted by atomic mass is 9.91. The third-order valence-electron chi connectivity index (χ3n) is 6.26. The van der Waals surface area contributed by atoms with E-state index in [1.165, 1.54) is 16.7 Å². The molecule has 1 aromatic heterocycles. The molecule has 7 nitrogen and oxygen atoms in total. The van der Waals surface area contributed by atoms with E-state index in [1.807, 2.05) is 12.3 Å². The van der Waals surface area contributed by atoms with Crippen LogP contribution in [0.4, 0.5) is 0 Å². The minimum Gasteiger partial charge on any atom is -0.462 e. The Balaban J connectivity index is 1.79. The van der Waals surface area contributed by atoms with Gasteiger partial charge in [0, 0.05) is 32.5 Å². The first kappa shape index (κ1) is 25.0. The van der Waals surface area contributed by atoms with Crippen LogP contribution in [0.15, 0.2) is 73.1 Å². The highest BCUT2D eigenvalue weighted by Gasteiger charge is 2.28. The Hall–Kier alpha value is -3.13. The first-order chi connectivity index (χ1) is 17.2. The summed E-state index contributed by atoms with van der Waals surface area (Å²) in [6.45, 7) is 3.81. The third-order valence-corrected chi connectivity index (χ3v) is 6.26. The Morgan fingerprint density at radius 1 is 1.09 bits per heavy atom. The van der Waals surface area contributed by atoms with E-state index < -0.39 is 6.29 Å². The number of nitrogens with one attached hydrogen (secondary N) is 1. The van der Waals surface area contributed by atoms with Gasteiger partial charge in [-0.05, 0) is 29.5 Å². The minimum absolute atomic E-state index is 0.0627. The molecule has 0 saturated heterocycles. The maximum atomic E-state index is 5.74. The highest BCUT2D eigenvalue weighted by atomic mass is 16.7. The molecule has 3 aromatic rings. The van der Waals surface area contributed by atoms with Gasteiger partial charge in [0.05, 0.1) is 24.6 Å². The normalized spacial score (nSPS) is 14.1. The molecule has 1 atom stereocenters. The summed E-state index contributed by atoms with van der Waals surface area (Å²) >= 11 is 0. The third kappa shape index (κ3) is 6.31. The van der Waals surface area contributed by atoms with Gasteiger partial charge in [-0.1, -0.05) is 61.9 Å². The van der Waals surface area contributed by atoms with Crippen molar-refractivity contribution in [3.63, 3.8) is 0 Å². The SMILES string of the molecule is CCCCc1cc(C(OC)OC)ccc1C(c1cnc[nH]1)N(CC1=COCO1)Cc1ccccc1. The predicted octanol–water partition coefficient (Wildman–Crippen LogP) is 5.48. The van der Waals surface area contributed by atoms with Gasteiger partial charge in [0.25, 0.3) is 0 Å². The molecule has 0 spiro atoms. The van der Waals surface area contributed by atoms with E-state index in [1.54, 1.807) is 26.8 Å². The van der Waals surface area contributed by atoms with Gasteiger partial charge in [-0.3, -0.25) is 4.90 Å².